The molecule has 1 heterocycles. The highest BCUT2D eigenvalue weighted by molar-refractivity contribution is 5.82. The van der Waals surface area contributed by atoms with E-state index in [0.717, 1.165) is 19.4 Å². The number of benzene rings is 1. The van der Waals surface area contributed by atoms with Gasteiger partial charge < -0.3 is 10.6 Å². The van der Waals surface area contributed by atoms with Gasteiger partial charge in [0.05, 0.1) is 12.1 Å². The van der Waals surface area contributed by atoms with E-state index in [1.54, 1.807) is 0 Å². The van der Waals surface area contributed by atoms with Crippen LogP contribution in [-0.2, 0) is 4.79 Å². The van der Waals surface area contributed by atoms with Crippen molar-refractivity contribution in [3.8, 4) is 0 Å². The average Bonchev–Trinajstić information content (AvgIpc) is 2.38. The molecule has 1 aliphatic rings. The monoisotopic (exact) mass is 274 g/mol. The predicted octanol–water partition coefficient (Wildman–Crippen LogP) is 2.87. The second-order valence-corrected chi connectivity index (χ2v) is 6.14. The van der Waals surface area contributed by atoms with E-state index < -0.39 is 0 Å². The third-order valence-electron chi connectivity index (χ3n) is 4.30. The predicted molar refractivity (Wildman–Crippen MR) is 82.7 cm³/mol. The van der Waals surface area contributed by atoms with Crippen molar-refractivity contribution in [2.75, 3.05) is 6.54 Å². The molecule has 0 spiro atoms. The fourth-order valence-electron chi connectivity index (χ4n) is 3.09. The molecule has 3 nitrogen and oxygen atoms in total. The van der Waals surface area contributed by atoms with Crippen LogP contribution in [0, 0.1) is 19.8 Å². The third-order valence-corrected chi connectivity index (χ3v) is 4.30. The molecule has 3 atom stereocenters. The number of carbonyl (C=O) groups excluding carboxylic acids is 1. The van der Waals surface area contributed by atoms with Gasteiger partial charge in [0.25, 0.3) is 0 Å². The molecule has 3 heteroatoms. The van der Waals surface area contributed by atoms with Gasteiger partial charge in [0, 0.05) is 0 Å². The average molecular weight is 274 g/mol. The van der Waals surface area contributed by atoms with Gasteiger partial charge >= 0.3 is 0 Å². The highest BCUT2D eigenvalue weighted by Gasteiger charge is 2.28. The Morgan fingerprint density at radius 1 is 1.40 bits per heavy atom. The number of carbonyl (C=O) groups is 1. The van der Waals surface area contributed by atoms with Crippen LogP contribution in [0.2, 0.25) is 0 Å². The van der Waals surface area contributed by atoms with Crippen LogP contribution >= 0.6 is 0 Å². The zero-order valence-electron chi connectivity index (χ0n) is 13.0. The van der Waals surface area contributed by atoms with Crippen molar-refractivity contribution >= 4 is 5.91 Å². The molecule has 1 aromatic rings. The van der Waals surface area contributed by atoms with Crippen molar-refractivity contribution in [1.82, 2.24) is 10.6 Å². The van der Waals surface area contributed by atoms with Gasteiger partial charge in [-0.15, -0.1) is 0 Å². The van der Waals surface area contributed by atoms with Crippen molar-refractivity contribution in [3.63, 3.8) is 0 Å². The zero-order chi connectivity index (χ0) is 14.7. The molecule has 1 aliphatic heterocycles. The summed E-state index contributed by atoms with van der Waals surface area (Å²) in [7, 11) is 0. The molecule has 2 rings (SSSR count). The van der Waals surface area contributed by atoms with E-state index in [9.17, 15) is 4.79 Å². The van der Waals surface area contributed by atoms with E-state index in [4.69, 9.17) is 0 Å². The summed E-state index contributed by atoms with van der Waals surface area (Å²) in [6, 6.07) is 6.40. The summed E-state index contributed by atoms with van der Waals surface area (Å²) in [6.45, 7) is 9.35. The number of aryl methyl sites for hydroxylation is 2. The summed E-state index contributed by atoms with van der Waals surface area (Å²) in [6.07, 6.45) is 2.29. The second kappa shape index (κ2) is 6.40. The minimum absolute atomic E-state index is 0.0445. The van der Waals surface area contributed by atoms with Crippen LogP contribution in [0.15, 0.2) is 18.2 Å². The number of hydrogen-bond acceptors (Lipinski definition) is 2. The van der Waals surface area contributed by atoms with Crippen LogP contribution in [0.4, 0.5) is 0 Å². The summed E-state index contributed by atoms with van der Waals surface area (Å²) in [5.41, 5.74) is 3.70. The van der Waals surface area contributed by atoms with Crippen LogP contribution in [0.1, 0.15) is 49.4 Å². The standard InChI is InChI=1S/C17H26N2O/c1-11-7-8-15(13(3)10-11)14(4)19-17(20)16-12(2)6-5-9-18-16/h7-8,10,12,14,16,18H,5-6,9H2,1-4H3,(H,19,20). The second-order valence-electron chi connectivity index (χ2n) is 6.14. The molecule has 0 bridgehead atoms. The first-order chi connectivity index (χ1) is 9.49. The lowest BCUT2D eigenvalue weighted by Gasteiger charge is -2.30. The minimum Gasteiger partial charge on any atom is -0.348 e. The topological polar surface area (TPSA) is 41.1 Å². The molecule has 1 aromatic carbocycles. The van der Waals surface area contributed by atoms with Gasteiger partial charge in [0.15, 0.2) is 0 Å². The number of nitrogens with one attached hydrogen (secondary N) is 2. The van der Waals surface area contributed by atoms with Crippen LogP contribution in [-0.4, -0.2) is 18.5 Å². The molecule has 3 unspecified atom stereocenters. The molecule has 1 amide bonds. The zero-order valence-corrected chi connectivity index (χ0v) is 13.0. The molecule has 110 valence electrons. The molecule has 0 aromatic heterocycles. The maximum Gasteiger partial charge on any atom is 0.237 e. The normalized spacial score (nSPS) is 24.2. The fourth-order valence-corrected chi connectivity index (χ4v) is 3.09. The Morgan fingerprint density at radius 2 is 2.15 bits per heavy atom. The molecule has 0 radical (unpaired) electrons. The van der Waals surface area contributed by atoms with Crippen molar-refractivity contribution in [1.29, 1.82) is 0 Å². The van der Waals surface area contributed by atoms with Gasteiger partial charge in [-0.3, -0.25) is 4.79 Å². The summed E-state index contributed by atoms with van der Waals surface area (Å²) < 4.78 is 0. The number of rotatable bonds is 3. The largest absolute Gasteiger partial charge is 0.348 e. The Labute approximate surface area is 122 Å². The maximum atomic E-state index is 12.4. The first-order valence-electron chi connectivity index (χ1n) is 7.60. The Kier molecular flexibility index (Phi) is 4.81. The van der Waals surface area contributed by atoms with Crippen LogP contribution in [0.5, 0.6) is 0 Å². The van der Waals surface area contributed by atoms with E-state index in [2.05, 4.69) is 56.5 Å². The lowest BCUT2D eigenvalue weighted by molar-refractivity contribution is -0.125. The van der Waals surface area contributed by atoms with Gasteiger partial charge in [0.2, 0.25) is 5.91 Å². The Hall–Kier alpha value is -1.35. The van der Waals surface area contributed by atoms with Gasteiger partial charge in [0.1, 0.15) is 0 Å². The van der Waals surface area contributed by atoms with Crippen molar-refractivity contribution < 1.29 is 4.79 Å². The SMILES string of the molecule is Cc1ccc(C(C)NC(=O)C2NCCCC2C)c(C)c1. The molecule has 20 heavy (non-hydrogen) atoms. The Morgan fingerprint density at radius 3 is 2.80 bits per heavy atom. The Bertz CT molecular complexity index is 484. The van der Waals surface area contributed by atoms with Gasteiger partial charge in [-0.1, -0.05) is 30.7 Å². The highest BCUT2D eigenvalue weighted by Crippen LogP contribution is 2.20. The lowest BCUT2D eigenvalue weighted by Crippen LogP contribution is -2.51. The van der Waals surface area contributed by atoms with E-state index in [1.165, 1.54) is 16.7 Å². The maximum absolute atomic E-state index is 12.4. The summed E-state index contributed by atoms with van der Waals surface area (Å²) >= 11 is 0. The van der Waals surface area contributed by atoms with Crippen molar-refractivity contribution in [2.45, 2.75) is 52.6 Å². The number of hydrogen-bond donors (Lipinski definition) is 2. The first-order valence-corrected chi connectivity index (χ1v) is 7.60. The van der Waals surface area contributed by atoms with Gasteiger partial charge in [-0.05, 0) is 57.2 Å². The van der Waals surface area contributed by atoms with Gasteiger partial charge in [-0.2, -0.15) is 0 Å². The van der Waals surface area contributed by atoms with Crippen LogP contribution in [0.25, 0.3) is 0 Å². The number of piperidine rings is 1. The van der Waals surface area contributed by atoms with E-state index in [1.807, 2.05) is 0 Å². The molecule has 1 fully saturated rings. The molecule has 0 aliphatic carbocycles. The van der Waals surface area contributed by atoms with Crippen molar-refractivity contribution in [3.05, 3.63) is 34.9 Å². The number of amides is 1. The minimum atomic E-state index is -0.0445. The van der Waals surface area contributed by atoms with E-state index >= 15 is 0 Å². The third kappa shape index (κ3) is 3.40. The molecule has 2 N–H and O–H groups in total. The van der Waals surface area contributed by atoms with Crippen molar-refractivity contribution in [2.24, 2.45) is 5.92 Å². The summed E-state index contributed by atoms with van der Waals surface area (Å²) in [4.78, 5) is 12.4. The smallest absolute Gasteiger partial charge is 0.237 e. The van der Waals surface area contributed by atoms with Crippen LogP contribution < -0.4 is 10.6 Å². The Balaban J connectivity index is 2.03. The summed E-state index contributed by atoms with van der Waals surface area (Å²) in [5, 5.41) is 6.49. The quantitative estimate of drug-likeness (QED) is 0.890. The van der Waals surface area contributed by atoms with Gasteiger partial charge in [-0.25, -0.2) is 0 Å². The fraction of sp³-hybridized carbons (Fsp3) is 0.588. The molecular formula is C17H26N2O. The first kappa shape index (κ1) is 15.0. The highest BCUT2D eigenvalue weighted by atomic mass is 16.2. The molecule has 0 saturated carbocycles. The van der Waals surface area contributed by atoms with E-state index in [-0.39, 0.29) is 18.0 Å². The lowest BCUT2D eigenvalue weighted by atomic mass is 9.91. The molecule has 1 saturated heterocycles. The van der Waals surface area contributed by atoms with E-state index in [0.29, 0.717) is 5.92 Å². The molecular weight excluding hydrogens is 248 g/mol. The summed E-state index contributed by atoms with van der Waals surface area (Å²) in [5.74, 6) is 0.541. The van der Waals surface area contributed by atoms with Crippen LogP contribution in [0.3, 0.4) is 0 Å².